The third-order valence-corrected chi connectivity index (χ3v) is 8.89. The summed E-state index contributed by atoms with van der Waals surface area (Å²) in [6.45, 7) is 3.97. The summed E-state index contributed by atoms with van der Waals surface area (Å²) in [6, 6.07) is 8.95. The van der Waals surface area contributed by atoms with E-state index in [1.54, 1.807) is 22.7 Å². The van der Waals surface area contributed by atoms with Gasteiger partial charge in [-0.05, 0) is 50.1 Å². The number of hydrogen-bond donors (Lipinski definition) is 0. The number of aromatic nitrogens is 5. The Bertz CT molecular complexity index is 1370. The fourth-order valence-electron chi connectivity index (χ4n) is 4.23. The number of aryl methyl sites for hydroxylation is 1. The lowest BCUT2D eigenvalue weighted by molar-refractivity contribution is 0.346. The summed E-state index contributed by atoms with van der Waals surface area (Å²) in [6.07, 6.45) is 4.52. The molecule has 5 rings (SSSR count). The molecule has 3 aromatic heterocycles. The third kappa shape index (κ3) is 4.09. The summed E-state index contributed by atoms with van der Waals surface area (Å²) < 4.78 is 37.2. The number of rotatable bonds is 7. The molecule has 0 bridgehead atoms. The molecule has 1 aromatic carbocycles. The molecular formula is C22H26N6O3S2. The van der Waals surface area contributed by atoms with Gasteiger partial charge in [0, 0.05) is 26.7 Å². The first-order valence-corrected chi connectivity index (χ1v) is 13.5. The van der Waals surface area contributed by atoms with Gasteiger partial charge < -0.3 is 13.6 Å². The molecule has 11 heteroatoms. The van der Waals surface area contributed by atoms with Gasteiger partial charge in [-0.2, -0.15) is 4.31 Å². The van der Waals surface area contributed by atoms with Crippen LogP contribution in [-0.2, 0) is 29.4 Å². The maximum atomic E-state index is 13.1. The van der Waals surface area contributed by atoms with Gasteiger partial charge in [-0.1, -0.05) is 18.2 Å². The Morgan fingerprint density at radius 1 is 1.12 bits per heavy atom. The number of piperidine rings is 1. The van der Waals surface area contributed by atoms with Crippen molar-refractivity contribution in [1.29, 1.82) is 0 Å². The molecule has 1 saturated heterocycles. The number of benzene rings is 1. The lowest BCUT2D eigenvalue weighted by Crippen LogP contribution is -2.35. The minimum atomic E-state index is -3.50. The predicted molar refractivity (Wildman–Crippen MR) is 126 cm³/mol. The molecule has 0 unspecified atom stereocenters. The molecule has 0 radical (unpaired) electrons. The Morgan fingerprint density at radius 3 is 2.67 bits per heavy atom. The maximum Gasteiger partial charge on any atom is 0.243 e. The Labute approximate surface area is 196 Å². The SMILES string of the molecule is CCn1c(CSc2nnc(-c3ccco3)n2C)nc2cc(S(=O)(=O)N3CCCCC3)ccc21. The molecule has 0 N–H and O–H groups in total. The molecule has 4 aromatic rings. The van der Waals surface area contributed by atoms with E-state index in [1.807, 2.05) is 29.8 Å². The van der Waals surface area contributed by atoms with Crippen molar-refractivity contribution in [2.75, 3.05) is 13.1 Å². The van der Waals surface area contributed by atoms with E-state index >= 15 is 0 Å². The molecule has 0 amide bonds. The van der Waals surface area contributed by atoms with Crippen LogP contribution >= 0.6 is 11.8 Å². The molecule has 33 heavy (non-hydrogen) atoms. The van der Waals surface area contributed by atoms with Crippen LogP contribution < -0.4 is 0 Å². The largest absolute Gasteiger partial charge is 0.461 e. The normalized spacial score (nSPS) is 15.5. The number of thioether (sulfide) groups is 1. The highest BCUT2D eigenvalue weighted by atomic mass is 32.2. The number of furan rings is 1. The lowest BCUT2D eigenvalue weighted by atomic mass is 10.2. The van der Waals surface area contributed by atoms with E-state index in [4.69, 9.17) is 9.40 Å². The van der Waals surface area contributed by atoms with Crippen molar-refractivity contribution in [2.45, 2.75) is 48.5 Å². The third-order valence-electron chi connectivity index (χ3n) is 5.97. The molecule has 0 atom stereocenters. The summed E-state index contributed by atoms with van der Waals surface area (Å²) in [4.78, 5) is 5.10. The summed E-state index contributed by atoms with van der Waals surface area (Å²) >= 11 is 1.53. The molecule has 1 aliphatic heterocycles. The van der Waals surface area contributed by atoms with Crippen LogP contribution in [0.3, 0.4) is 0 Å². The predicted octanol–water partition coefficient (Wildman–Crippen LogP) is 3.91. The van der Waals surface area contributed by atoms with Crippen molar-refractivity contribution in [3.8, 4) is 11.6 Å². The number of imidazole rings is 1. The topological polar surface area (TPSA) is 99.0 Å². The van der Waals surface area contributed by atoms with Gasteiger partial charge in [0.15, 0.2) is 16.7 Å². The minimum absolute atomic E-state index is 0.313. The molecule has 0 aliphatic carbocycles. The number of nitrogens with zero attached hydrogens (tertiary/aromatic N) is 6. The maximum absolute atomic E-state index is 13.1. The van der Waals surface area contributed by atoms with Crippen molar-refractivity contribution in [1.82, 2.24) is 28.6 Å². The first-order valence-electron chi connectivity index (χ1n) is 11.0. The second-order valence-electron chi connectivity index (χ2n) is 8.02. The van der Waals surface area contributed by atoms with Crippen LogP contribution in [-0.4, -0.2) is 50.1 Å². The van der Waals surface area contributed by atoms with Crippen LogP contribution in [0.15, 0.2) is 51.1 Å². The Kier molecular flexibility index (Phi) is 6.02. The Morgan fingerprint density at radius 2 is 1.94 bits per heavy atom. The van der Waals surface area contributed by atoms with Crippen LogP contribution in [0.5, 0.6) is 0 Å². The smallest absolute Gasteiger partial charge is 0.243 e. The van der Waals surface area contributed by atoms with Crippen LogP contribution in [0.25, 0.3) is 22.6 Å². The standard InChI is InChI=1S/C22H26N6O3S2/c1-3-28-18-10-9-16(33(29,30)27-11-5-4-6-12-27)14-17(18)23-20(28)15-32-22-25-24-21(26(22)2)19-8-7-13-31-19/h7-10,13-14H,3-6,11-12,15H2,1-2H3. The van der Waals surface area contributed by atoms with Crippen LogP contribution in [0.4, 0.5) is 0 Å². The van der Waals surface area contributed by atoms with E-state index in [9.17, 15) is 8.42 Å². The van der Waals surface area contributed by atoms with Crippen molar-refractivity contribution in [2.24, 2.45) is 7.05 Å². The zero-order valence-electron chi connectivity index (χ0n) is 18.6. The van der Waals surface area contributed by atoms with Gasteiger partial charge in [-0.3, -0.25) is 0 Å². The Hall–Kier alpha value is -2.63. The van der Waals surface area contributed by atoms with Crippen LogP contribution in [0.2, 0.25) is 0 Å². The van der Waals surface area contributed by atoms with Gasteiger partial charge in [-0.25, -0.2) is 13.4 Å². The van der Waals surface area contributed by atoms with Gasteiger partial charge in [0.2, 0.25) is 10.0 Å². The zero-order chi connectivity index (χ0) is 23.0. The quantitative estimate of drug-likeness (QED) is 0.365. The highest BCUT2D eigenvalue weighted by Gasteiger charge is 2.26. The monoisotopic (exact) mass is 486 g/mol. The first-order chi connectivity index (χ1) is 16.0. The van der Waals surface area contributed by atoms with Crippen molar-refractivity contribution < 1.29 is 12.8 Å². The average Bonchev–Trinajstić information content (AvgIpc) is 3.56. The fourth-order valence-corrected chi connectivity index (χ4v) is 6.62. The molecule has 0 saturated carbocycles. The number of hydrogen-bond acceptors (Lipinski definition) is 7. The minimum Gasteiger partial charge on any atom is -0.461 e. The molecule has 4 heterocycles. The second kappa shape index (κ2) is 8.96. The van der Waals surface area contributed by atoms with Crippen LogP contribution in [0, 0.1) is 0 Å². The van der Waals surface area contributed by atoms with E-state index in [0.29, 0.717) is 40.8 Å². The summed E-state index contributed by atoms with van der Waals surface area (Å²) in [7, 11) is -1.59. The van der Waals surface area contributed by atoms with E-state index < -0.39 is 10.0 Å². The average molecular weight is 487 g/mol. The zero-order valence-corrected chi connectivity index (χ0v) is 20.3. The molecule has 0 spiro atoms. The highest BCUT2D eigenvalue weighted by Crippen LogP contribution is 2.29. The van der Waals surface area contributed by atoms with Crippen LogP contribution in [0.1, 0.15) is 32.0 Å². The number of sulfonamides is 1. The number of fused-ring (bicyclic) bond motifs is 1. The molecule has 9 nitrogen and oxygen atoms in total. The lowest BCUT2D eigenvalue weighted by Gasteiger charge is -2.25. The van der Waals surface area contributed by atoms with E-state index in [2.05, 4.69) is 21.7 Å². The first kappa shape index (κ1) is 22.2. The van der Waals surface area contributed by atoms with Crippen molar-refractivity contribution in [3.05, 3.63) is 42.4 Å². The van der Waals surface area contributed by atoms with Gasteiger partial charge in [0.25, 0.3) is 0 Å². The van der Waals surface area contributed by atoms with E-state index in [1.165, 1.54) is 11.8 Å². The Balaban J connectivity index is 1.41. The highest BCUT2D eigenvalue weighted by molar-refractivity contribution is 7.98. The van der Waals surface area contributed by atoms with Crippen molar-refractivity contribution >= 4 is 32.8 Å². The summed E-state index contributed by atoms with van der Waals surface area (Å²) in [5.41, 5.74) is 1.62. The second-order valence-corrected chi connectivity index (χ2v) is 10.9. The summed E-state index contributed by atoms with van der Waals surface area (Å²) in [5.74, 6) is 2.78. The molecule has 1 aliphatic rings. The van der Waals surface area contributed by atoms with Crippen molar-refractivity contribution in [3.63, 3.8) is 0 Å². The van der Waals surface area contributed by atoms with Gasteiger partial charge >= 0.3 is 0 Å². The molecule has 1 fully saturated rings. The summed E-state index contributed by atoms with van der Waals surface area (Å²) in [5, 5.41) is 9.28. The van der Waals surface area contributed by atoms with Gasteiger partial charge in [0.05, 0.1) is 27.9 Å². The van der Waals surface area contributed by atoms with E-state index in [-0.39, 0.29) is 0 Å². The molecular weight excluding hydrogens is 460 g/mol. The van der Waals surface area contributed by atoms with Gasteiger partial charge in [-0.15, -0.1) is 10.2 Å². The fraction of sp³-hybridized carbons (Fsp3) is 0.409. The van der Waals surface area contributed by atoms with E-state index in [0.717, 1.165) is 42.3 Å². The van der Waals surface area contributed by atoms with Gasteiger partial charge in [0.1, 0.15) is 5.82 Å². The molecule has 174 valence electrons.